The molecule has 1 aromatic heterocycles. The van der Waals surface area contributed by atoms with Crippen LogP contribution in [0.25, 0.3) is 0 Å². The first-order valence-corrected chi connectivity index (χ1v) is 8.53. The van der Waals surface area contributed by atoms with Crippen molar-refractivity contribution in [2.45, 2.75) is 6.61 Å². The van der Waals surface area contributed by atoms with Gasteiger partial charge in [-0.05, 0) is 35.9 Å². The molecule has 3 aromatic rings. The Bertz CT molecular complexity index is 900. The molecule has 0 saturated heterocycles. The van der Waals surface area contributed by atoms with Crippen molar-refractivity contribution < 1.29 is 9.13 Å². The van der Waals surface area contributed by atoms with Gasteiger partial charge in [0.1, 0.15) is 24.0 Å². The maximum Gasteiger partial charge on any atom is 0.205 e. The van der Waals surface area contributed by atoms with E-state index in [4.69, 9.17) is 22.1 Å². The lowest BCUT2D eigenvalue weighted by molar-refractivity contribution is 0.305. The highest BCUT2D eigenvalue weighted by Crippen LogP contribution is 2.23. The van der Waals surface area contributed by atoms with E-state index >= 15 is 0 Å². The molecule has 0 radical (unpaired) electrons. The number of halogens is 2. The first-order chi connectivity index (χ1) is 12.1. The fraction of sp³-hybridized carbons (Fsp3) is 0.0588. The molecule has 0 spiro atoms. The smallest absolute Gasteiger partial charge is 0.205 e. The number of hydrogen-bond donors (Lipinski definition) is 2. The number of thiazole rings is 1. The van der Waals surface area contributed by atoms with Crippen LogP contribution in [0.3, 0.4) is 0 Å². The van der Waals surface area contributed by atoms with Crippen molar-refractivity contribution in [3.8, 4) is 5.75 Å². The van der Waals surface area contributed by atoms with Crippen LogP contribution in [0.1, 0.15) is 11.1 Å². The van der Waals surface area contributed by atoms with Crippen molar-refractivity contribution in [3.05, 3.63) is 69.8 Å². The summed E-state index contributed by atoms with van der Waals surface area (Å²) in [7, 11) is 0. The van der Waals surface area contributed by atoms with Crippen molar-refractivity contribution in [1.82, 2.24) is 4.98 Å². The average molecular weight is 377 g/mol. The van der Waals surface area contributed by atoms with Crippen LogP contribution in [0, 0.1) is 5.82 Å². The largest absolute Gasteiger partial charge is 0.488 e. The number of benzene rings is 2. The summed E-state index contributed by atoms with van der Waals surface area (Å²) < 4.78 is 19.0. The van der Waals surface area contributed by atoms with Gasteiger partial charge in [0.05, 0.1) is 6.21 Å². The molecule has 0 saturated carbocycles. The molecule has 3 N–H and O–H groups in total. The van der Waals surface area contributed by atoms with Gasteiger partial charge in [-0.25, -0.2) is 9.37 Å². The average Bonchev–Trinajstić information content (AvgIpc) is 2.99. The first kappa shape index (κ1) is 17.2. The maximum atomic E-state index is 13.2. The van der Waals surface area contributed by atoms with E-state index < -0.39 is 0 Å². The van der Waals surface area contributed by atoms with Crippen molar-refractivity contribution in [3.63, 3.8) is 0 Å². The third-order valence-corrected chi connectivity index (χ3v) is 4.14. The Morgan fingerprint density at radius 3 is 2.96 bits per heavy atom. The van der Waals surface area contributed by atoms with Crippen LogP contribution in [-0.2, 0) is 6.61 Å². The second-order valence-electron chi connectivity index (χ2n) is 5.05. The predicted octanol–water partition coefficient (Wildman–Crippen LogP) is 4.54. The van der Waals surface area contributed by atoms with Crippen molar-refractivity contribution >= 4 is 40.1 Å². The normalized spacial score (nSPS) is 11.0. The minimum atomic E-state index is -0.300. The molecule has 0 aliphatic rings. The minimum Gasteiger partial charge on any atom is -0.488 e. The van der Waals surface area contributed by atoms with Crippen molar-refractivity contribution in [2.24, 2.45) is 5.10 Å². The lowest BCUT2D eigenvalue weighted by Gasteiger charge is -2.09. The monoisotopic (exact) mass is 376 g/mol. The van der Waals surface area contributed by atoms with Gasteiger partial charge in [0.2, 0.25) is 5.13 Å². The van der Waals surface area contributed by atoms with E-state index in [9.17, 15) is 4.39 Å². The maximum absolute atomic E-state index is 13.2. The first-order valence-electron chi connectivity index (χ1n) is 7.27. The van der Waals surface area contributed by atoms with Crippen LogP contribution in [0.4, 0.5) is 15.3 Å². The van der Waals surface area contributed by atoms with Crippen LogP contribution in [0.15, 0.2) is 52.9 Å². The fourth-order valence-corrected chi connectivity index (χ4v) is 2.76. The molecule has 3 rings (SSSR count). The van der Waals surface area contributed by atoms with Crippen molar-refractivity contribution in [1.29, 1.82) is 0 Å². The van der Waals surface area contributed by atoms with Crippen LogP contribution in [-0.4, -0.2) is 11.2 Å². The number of nitrogens with one attached hydrogen (secondary N) is 1. The number of nitrogen functional groups attached to an aromatic ring is 1. The third-order valence-electron chi connectivity index (χ3n) is 3.14. The Labute approximate surface area is 152 Å². The Morgan fingerprint density at radius 2 is 2.20 bits per heavy atom. The molecular weight excluding hydrogens is 363 g/mol. The van der Waals surface area contributed by atoms with E-state index in [2.05, 4.69) is 15.5 Å². The molecule has 0 aliphatic heterocycles. The van der Waals surface area contributed by atoms with Gasteiger partial charge in [0, 0.05) is 16.0 Å². The number of hydrazone groups is 1. The topological polar surface area (TPSA) is 72.5 Å². The Kier molecular flexibility index (Phi) is 5.47. The van der Waals surface area contributed by atoms with Crippen LogP contribution in [0.5, 0.6) is 5.75 Å². The van der Waals surface area contributed by atoms with E-state index in [-0.39, 0.29) is 12.4 Å². The van der Waals surface area contributed by atoms with Gasteiger partial charge < -0.3 is 10.5 Å². The molecule has 2 aromatic carbocycles. The highest BCUT2D eigenvalue weighted by atomic mass is 35.5. The van der Waals surface area contributed by atoms with Gasteiger partial charge in [0.25, 0.3) is 0 Å². The highest BCUT2D eigenvalue weighted by molar-refractivity contribution is 7.14. The number of nitrogens with zero attached hydrogens (tertiary/aromatic N) is 2. The zero-order chi connectivity index (χ0) is 17.6. The quantitative estimate of drug-likeness (QED) is 0.489. The third kappa shape index (κ3) is 4.91. The predicted molar refractivity (Wildman–Crippen MR) is 99.9 cm³/mol. The summed E-state index contributed by atoms with van der Waals surface area (Å²) in [5.41, 5.74) is 9.76. The van der Waals surface area contributed by atoms with Crippen molar-refractivity contribution in [2.75, 3.05) is 11.2 Å². The van der Waals surface area contributed by atoms with E-state index in [1.165, 1.54) is 23.5 Å². The summed E-state index contributed by atoms with van der Waals surface area (Å²) in [5.74, 6) is 0.716. The van der Waals surface area contributed by atoms with Gasteiger partial charge in [-0.15, -0.1) is 11.3 Å². The number of nitrogens with two attached hydrogens (primary N) is 1. The fourth-order valence-electron chi connectivity index (χ4n) is 2.03. The molecule has 0 unspecified atom stereocenters. The number of hydrogen-bond acceptors (Lipinski definition) is 6. The van der Waals surface area contributed by atoms with Gasteiger partial charge in [-0.2, -0.15) is 5.10 Å². The van der Waals surface area contributed by atoms with Crippen LogP contribution >= 0.6 is 22.9 Å². The summed E-state index contributed by atoms with van der Waals surface area (Å²) >= 11 is 7.39. The molecule has 0 atom stereocenters. The number of anilines is 2. The van der Waals surface area contributed by atoms with Gasteiger partial charge in [-0.3, -0.25) is 5.43 Å². The standard InChI is InChI=1S/C17H14ClFN4OS/c18-13-4-5-15(24-9-11-2-1-3-14(19)6-11)12(7-13)8-21-23-17-22-16(20)10-25-17/h1-8,10H,9,20H2,(H,22,23). The zero-order valence-corrected chi connectivity index (χ0v) is 14.5. The van der Waals surface area contributed by atoms with Crippen LogP contribution in [0.2, 0.25) is 5.02 Å². The van der Waals surface area contributed by atoms with Crippen LogP contribution < -0.4 is 15.9 Å². The van der Waals surface area contributed by atoms with Gasteiger partial charge in [-0.1, -0.05) is 23.7 Å². The number of aromatic nitrogens is 1. The SMILES string of the molecule is Nc1csc(NN=Cc2cc(Cl)ccc2OCc2cccc(F)c2)n1. The lowest BCUT2D eigenvalue weighted by atomic mass is 10.2. The minimum absolute atomic E-state index is 0.233. The summed E-state index contributed by atoms with van der Waals surface area (Å²) in [6.45, 7) is 0.233. The lowest BCUT2D eigenvalue weighted by Crippen LogP contribution is -1.99. The van der Waals surface area contributed by atoms with Gasteiger partial charge in [0.15, 0.2) is 0 Å². The molecule has 128 valence electrons. The van der Waals surface area contributed by atoms with E-state index in [1.807, 2.05) is 0 Å². The summed E-state index contributed by atoms with van der Waals surface area (Å²) in [4.78, 5) is 4.04. The van der Waals surface area contributed by atoms with E-state index in [1.54, 1.807) is 41.9 Å². The number of ether oxygens (including phenoxy) is 1. The molecule has 1 heterocycles. The molecule has 0 amide bonds. The molecule has 0 bridgehead atoms. The Hall–Kier alpha value is -2.64. The van der Waals surface area contributed by atoms with Gasteiger partial charge >= 0.3 is 0 Å². The number of rotatable bonds is 6. The second kappa shape index (κ2) is 7.96. The molecule has 0 fully saturated rings. The molecule has 8 heteroatoms. The summed E-state index contributed by atoms with van der Waals surface area (Å²) in [6.07, 6.45) is 1.57. The van der Waals surface area contributed by atoms with E-state index in [0.717, 1.165) is 5.56 Å². The molecule has 5 nitrogen and oxygen atoms in total. The highest BCUT2D eigenvalue weighted by Gasteiger charge is 2.05. The molecular formula is C17H14ClFN4OS. The summed E-state index contributed by atoms with van der Waals surface area (Å²) in [6, 6.07) is 11.4. The zero-order valence-electron chi connectivity index (χ0n) is 12.9. The second-order valence-corrected chi connectivity index (χ2v) is 6.34. The van der Waals surface area contributed by atoms with E-state index in [0.29, 0.717) is 27.3 Å². The molecule has 0 aliphatic carbocycles. The summed E-state index contributed by atoms with van der Waals surface area (Å²) in [5, 5.41) is 6.96. The Balaban J connectivity index is 1.71. The molecule has 25 heavy (non-hydrogen) atoms. The Morgan fingerprint density at radius 1 is 1.32 bits per heavy atom.